The molecule has 0 amide bonds. The molecule has 0 aliphatic heterocycles. The third kappa shape index (κ3) is 3.22. The molecule has 0 spiro atoms. The van der Waals surface area contributed by atoms with Crippen LogP contribution < -0.4 is 5.56 Å². The van der Waals surface area contributed by atoms with E-state index in [1.165, 1.54) is 4.68 Å². The summed E-state index contributed by atoms with van der Waals surface area (Å²) in [6.45, 7) is 6.51. The lowest BCUT2D eigenvalue weighted by Crippen LogP contribution is -2.27. The molecule has 0 saturated heterocycles. The van der Waals surface area contributed by atoms with Gasteiger partial charge >= 0.3 is 0 Å². The molecule has 0 fully saturated rings. The highest BCUT2D eigenvalue weighted by Gasteiger charge is 2.19. The van der Waals surface area contributed by atoms with E-state index >= 15 is 0 Å². The number of aromatic nitrogens is 4. The van der Waals surface area contributed by atoms with Gasteiger partial charge in [-0.05, 0) is 42.2 Å². The third-order valence-corrected chi connectivity index (χ3v) is 5.06. The zero-order valence-corrected chi connectivity index (χ0v) is 16.8. The SMILES string of the molecule is Cc1ccccc1-n1ncc2c(C(C)C)nn(Cc3cccc(Cl)c3)c(=O)c21. The Morgan fingerprint density at radius 3 is 2.61 bits per heavy atom. The maximum absolute atomic E-state index is 13.4. The highest BCUT2D eigenvalue weighted by atomic mass is 35.5. The van der Waals surface area contributed by atoms with Crippen LogP contribution in [-0.4, -0.2) is 19.6 Å². The summed E-state index contributed by atoms with van der Waals surface area (Å²) in [5.74, 6) is 0.156. The van der Waals surface area contributed by atoms with Crippen molar-refractivity contribution in [2.45, 2.75) is 33.2 Å². The minimum absolute atomic E-state index is 0.156. The first-order valence-electron chi connectivity index (χ1n) is 9.25. The van der Waals surface area contributed by atoms with Crippen molar-refractivity contribution in [1.29, 1.82) is 0 Å². The van der Waals surface area contributed by atoms with Crippen molar-refractivity contribution in [3.63, 3.8) is 0 Å². The van der Waals surface area contributed by atoms with Gasteiger partial charge in [-0.15, -0.1) is 0 Å². The number of benzene rings is 2. The van der Waals surface area contributed by atoms with Crippen LogP contribution in [0.3, 0.4) is 0 Å². The average molecular weight is 393 g/mol. The fourth-order valence-corrected chi connectivity index (χ4v) is 3.63. The molecule has 2 aromatic carbocycles. The van der Waals surface area contributed by atoms with Crippen molar-refractivity contribution in [2.75, 3.05) is 0 Å². The largest absolute Gasteiger partial charge is 0.293 e. The molecular weight excluding hydrogens is 372 g/mol. The molecule has 0 unspecified atom stereocenters. The van der Waals surface area contributed by atoms with Crippen LogP contribution in [0.15, 0.2) is 59.5 Å². The van der Waals surface area contributed by atoms with Crippen LogP contribution in [0.1, 0.15) is 36.6 Å². The van der Waals surface area contributed by atoms with E-state index < -0.39 is 0 Å². The summed E-state index contributed by atoms with van der Waals surface area (Å²) in [5, 5.41) is 10.6. The van der Waals surface area contributed by atoms with E-state index in [-0.39, 0.29) is 11.5 Å². The molecule has 0 aliphatic carbocycles. The van der Waals surface area contributed by atoms with Crippen molar-refractivity contribution in [2.24, 2.45) is 0 Å². The van der Waals surface area contributed by atoms with Crippen molar-refractivity contribution < 1.29 is 0 Å². The molecular formula is C22H21ClN4O. The topological polar surface area (TPSA) is 52.7 Å². The molecule has 2 aromatic heterocycles. The summed E-state index contributed by atoms with van der Waals surface area (Å²) in [5.41, 5.74) is 4.12. The van der Waals surface area contributed by atoms with Gasteiger partial charge in [0.1, 0.15) is 5.52 Å². The first kappa shape index (κ1) is 18.4. The lowest BCUT2D eigenvalue weighted by molar-refractivity contribution is 0.612. The van der Waals surface area contributed by atoms with Crippen LogP contribution in [0.4, 0.5) is 0 Å². The molecule has 0 atom stereocenters. The summed E-state index contributed by atoms with van der Waals surface area (Å²) in [6, 6.07) is 15.4. The van der Waals surface area contributed by atoms with Gasteiger partial charge < -0.3 is 0 Å². The van der Waals surface area contributed by atoms with E-state index in [2.05, 4.69) is 24.0 Å². The van der Waals surface area contributed by atoms with Crippen molar-refractivity contribution in [3.8, 4) is 5.69 Å². The van der Waals surface area contributed by atoms with E-state index in [1.54, 1.807) is 10.9 Å². The van der Waals surface area contributed by atoms with Crippen molar-refractivity contribution >= 4 is 22.5 Å². The average Bonchev–Trinajstić information content (AvgIpc) is 3.09. The van der Waals surface area contributed by atoms with E-state index in [4.69, 9.17) is 11.6 Å². The number of aryl methyl sites for hydroxylation is 1. The summed E-state index contributed by atoms with van der Waals surface area (Å²) >= 11 is 6.11. The normalized spacial score (nSPS) is 11.5. The second-order valence-corrected chi connectivity index (χ2v) is 7.67. The molecule has 0 saturated carbocycles. The van der Waals surface area contributed by atoms with Crippen LogP contribution in [-0.2, 0) is 6.54 Å². The van der Waals surface area contributed by atoms with Crippen LogP contribution in [0.5, 0.6) is 0 Å². The smallest absolute Gasteiger partial charge is 0.265 e. The maximum Gasteiger partial charge on any atom is 0.293 e. The van der Waals surface area contributed by atoms with Gasteiger partial charge in [-0.1, -0.05) is 55.8 Å². The lowest BCUT2D eigenvalue weighted by atomic mass is 10.1. The molecule has 2 heterocycles. The summed E-state index contributed by atoms with van der Waals surface area (Å²) in [7, 11) is 0. The van der Waals surface area contributed by atoms with Crippen molar-refractivity contribution in [1.82, 2.24) is 19.6 Å². The molecule has 0 aliphatic rings. The summed E-state index contributed by atoms with van der Waals surface area (Å²) < 4.78 is 3.24. The Bertz CT molecular complexity index is 1220. The van der Waals surface area contributed by atoms with Gasteiger partial charge in [-0.2, -0.15) is 10.2 Å². The molecule has 5 nitrogen and oxygen atoms in total. The minimum Gasteiger partial charge on any atom is -0.265 e. The third-order valence-electron chi connectivity index (χ3n) is 4.82. The van der Waals surface area contributed by atoms with Crippen LogP contribution >= 0.6 is 11.6 Å². The lowest BCUT2D eigenvalue weighted by Gasteiger charge is -2.13. The van der Waals surface area contributed by atoms with Crippen LogP contribution in [0.25, 0.3) is 16.6 Å². The van der Waals surface area contributed by atoms with Crippen LogP contribution in [0.2, 0.25) is 5.02 Å². The quantitative estimate of drug-likeness (QED) is 0.505. The Hall–Kier alpha value is -2.92. The Labute approximate surface area is 168 Å². The fourth-order valence-electron chi connectivity index (χ4n) is 3.42. The molecule has 6 heteroatoms. The van der Waals surface area contributed by atoms with E-state index in [0.29, 0.717) is 17.1 Å². The number of halogens is 1. The summed E-state index contributed by atoms with van der Waals surface area (Å²) in [4.78, 5) is 13.4. The predicted octanol–water partition coefficient (Wildman–Crippen LogP) is 4.72. The standard InChI is InChI=1S/C22H21ClN4O/c1-14(2)20-18-12-24-27(19-10-5-4-7-15(19)3)21(18)22(28)26(25-20)13-16-8-6-9-17(23)11-16/h4-12,14H,13H2,1-3H3. The van der Waals surface area contributed by atoms with Gasteiger partial charge in [0, 0.05) is 10.4 Å². The highest BCUT2D eigenvalue weighted by molar-refractivity contribution is 6.30. The first-order valence-corrected chi connectivity index (χ1v) is 9.62. The molecule has 0 N–H and O–H groups in total. The molecule has 4 rings (SSSR count). The summed E-state index contributed by atoms with van der Waals surface area (Å²) in [6.07, 6.45) is 1.75. The molecule has 28 heavy (non-hydrogen) atoms. The highest BCUT2D eigenvalue weighted by Crippen LogP contribution is 2.24. The van der Waals surface area contributed by atoms with E-state index in [9.17, 15) is 4.79 Å². The van der Waals surface area contributed by atoms with Gasteiger partial charge in [0.2, 0.25) is 0 Å². The predicted molar refractivity (Wildman–Crippen MR) is 113 cm³/mol. The van der Waals surface area contributed by atoms with Gasteiger partial charge in [-0.25, -0.2) is 9.36 Å². The fraction of sp³-hybridized carbons (Fsp3) is 0.227. The molecule has 0 bridgehead atoms. The maximum atomic E-state index is 13.4. The van der Waals surface area contributed by atoms with Gasteiger partial charge in [0.15, 0.2) is 0 Å². The van der Waals surface area contributed by atoms with Gasteiger partial charge in [-0.3, -0.25) is 4.79 Å². The Balaban J connectivity index is 1.97. The second-order valence-electron chi connectivity index (χ2n) is 7.24. The number of para-hydroxylation sites is 1. The minimum atomic E-state index is -0.167. The number of nitrogens with zero attached hydrogens (tertiary/aromatic N) is 4. The molecule has 142 valence electrons. The van der Waals surface area contributed by atoms with Crippen LogP contribution in [0, 0.1) is 6.92 Å². The van der Waals surface area contributed by atoms with Gasteiger partial charge in [0.05, 0.1) is 24.1 Å². The van der Waals surface area contributed by atoms with E-state index in [0.717, 1.165) is 27.9 Å². The number of rotatable bonds is 4. The number of fused-ring (bicyclic) bond motifs is 1. The first-order chi connectivity index (χ1) is 13.5. The Morgan fingerprint density at radius 1 is 1.11 bits per heavy atom. The molecule has 0 radical (unpaired) electrons. The number of hydrogen-bond donors (Lipinski definition) is 0. The second kappa shape index (κ2) is 7.24. The zero-order valence-electron chi connectivity index (χ0n) is 16.1. The Morgan fingerprint density at radius 2 is 1.89 bits per heavy atom. The van der Waals surface area contributed by atoms with E-state index in [1.807, 2.05) is 55.5 Å². The van der Waals surface area contributed by atoms with Gasteiger partial charge in [0.25, 0.3) is 5.56 Å². The van der Waals surface area contributed by atoms with Crippen molar-refractivity contribution in [3.05, 3.63) is 86.9 Å². The molecule has 4 aromatic rings. The monoisotopic (exact) mass is 392 g/mol. The Kier molecular flexibility index (Phi) is 4.77. The number of hydrogen-bond acceptors (Lipinski definition) is 3. The zero-order chi connectivity index (χ0) is 19.8.